The van der Waals surface area contributed by atoms with E-state index >= 15 is 0 Å². The number of primary amides is 1. The largest absolute Gasteiger partial charge is 0.448 e. The van der Waals surface area contributed by atoms with Crippen molar-refractivity contribution in [3.63, 3.8) is 0 Å². The Hall–Kier alpha value is -2.96. The van der Waals surface area contributed by atoms with Gasteiger partial charge in [0.05, 0.1) is 5.52 Å². The highest BCUT2D eigenvalue weighted by molar-refractivity contribution is 5.98. The molecule has 1 aromatic carbocycles. The Morgan fingerprint density at radius 1 is 1.19 bits per heavy atom. The van der Waals surface area contributed by atoms with Crippen LogP contribution in [0.4, 0.5) is 4.79 Å². The first kappa shape index (κ1) is 14.4. The van der Waals surface area contributed by atoms with E-state index < -0.39 is 24.0 Å². The minimum Gasteiger partial charge on any atom is -0.448 e. The highest BCUT2D eigenvalue weighted by Gasteiger charge is 2.20. The molecule has 1 atom stereocenters. The van der Waals surface area contributed by atoms with Gasteiger partial charge < -0.3 is 10.5 Å². The smallest absolute Gasteiger partial charge is 0.357 e. The summed E-state index contributed by atoms with van der Waals surface area (Å²) in [5.74, 6) is -1.55. The number of ether oxygens (including phenoxy) is 1. The van der Waals surface area contributed by atoms with Gasteiger partial charge in [0.1, 0.15) is 5.69 Å². The third kappa shape index (κ3) is 3.53. The number of carbonyl (C=O) groups excluding carboxylic acids is 3. The third-order valence-electron chi connectivity index (χ3n) is 2.71. The number of nitrogens with one attached hydrogen (secondary N) is 1. The van der Waals surface area contributed by atoms with Crippen molar-refractivity contribution < 1.29 is 19.1 Å². The van der Waals surface area contributed by atoms with Gasteiger partial charge in [-0.3, -0.25) is 10.1 Å². The first-order chi connectivity index (χ1) is 9.97. The molecule has 0 unspecified atom stereocenters. The molecule has 0 fully saturated rings. The van der Waals surface area contributed by atoms with Crippen LogP contribution in [0.5, 0.6) is 0 Å². The van der Waals surface area contributed by atoms with Crippen molar-refractivity contribution in [2.45, 2.75) is 13.0 Å². The summed E-state index contributed by atoms with van der Waals surface area (Å²) in [4.78, 5) is 38.0. The predicted octanol–water partition coefficient (Wildman–Crippen LogP) is 0.975. The van der Waals surface area contributed by atoms with Crippen LogP contribution in [0.2, 0.25) is 0 Å². The van der Waals surface area contributed by atoms with Gasteiger partial charge in [0.15, 0.2) is 6.10 Å². The molecule has 1 aromatic heterocycles. The summed E-state index contributed by atoms with van der Waals surface area (Å²) >= 11 is 0. The van der Waals surface area contributed by atoms with Crippen molar-refractivity contribution in [1.82, 2.24) is 10.3 Å². The maximum absolute atomic E-state index is 11.9. The molecule has 108 valence electrons. The number of urea groups is 1. The van der Waals surface area contributed by atoms with Crippen molar-refractivity contribution in [3.05, 3.63) is 42.1 Å². The first-order valence-electron chi connectivity index (χ1n) is 6.14. The van der Waals surface area contributed by atoms with Crippen molar-refractivity contribution in [2.75, 3.05) is 0 Å². The van der Waals surface area contributed by atoms with Gasteiger partial charge in [-0.1, -0.05) is 24.3 Å². The van der Waals surface area contributed by atoms with Gasteiger partial charge >= 0.3 is 12.0 Å². The molecule has 2 rings (SSSR count). The standard InChI is InChI=1S/C14H13N3O4/c1-8(12(18)17-14(15)20)21-13(19)11-7-6-9-4-2-3-5-10(9)16-11/h2-8H,1H3,(H3,15,17,18,20)/t8-/m1/s1. The normalized spacial score (nSPS) is 11.7. The molecule has 1 heterocycles. The van der Waals surface area contributed by atoms with Crippen LogP contribution in [0.25, 0.3) is 10.9 Å². The van der Waals surface area contributed by atoms with E-state index in [1.54, 1.807) is 18.2 Å². The fourth-order valence-electron chi connectivity index (χ4n) is 1.68. The second-order valence-corrected chi connectivity index (χ2v) is 4.29. The zero-order valence-electron chi connectivity index (χ0n) is 11.2. The van der Waals surface area contributed by atoms with E-state index in [0.29, 0.717) is 5.52 Å². The Balaban J connectivity index is 2.11. The van der Waals surface area contributed by atoms with Crippen LogP contribution in [0.1, 0.15) is 17.4 Å². The van der Waals surface area contributed by atoms with E-state index in [0.717, 1.165) is 5.39 Å². The van der Waals surface area contributed by atoms with Crippen LogP contribution in [0.15, 0.2) is 36.4 Å². The lowest BCUT2D eigenvalue weighted by Gasteiger charge is -2.11. The summed E-state index contributed by atoms with van der Waals surface area (Å²) in [6, 6.07) is 9.50. The first-order valence-corrected chi connectivity index (χ1v) is 6.14. The Kier molecular flexibility index (Phi) is 4.13. The average molecular weight is 287 g/mol. The molecule has 3 N–H and O–H groups in total. The predicted molar refractivity (Wildman–Crippen MR) is 74.3 cm³/mol. The Labute approximate surface area is 120 Å². The van der Waals surface area contributed by atoms with Gasteiger partial charge in [-0.2, -0.15) is 0 Å². The summed E-state index contributed by atoms with van der Waals surface area (Å²) in [6.07, 6.45) is -1.15. The molecule has 0 aliphatic heterocycles. The van der Waals surface area contributed by atoms with Crippen LogP contribution in [0.3, 0.4) is 0 Å². The molecule has 0 bridgehead atoms. The van der Waals surface area contributed by atoms with E-state index in [9.17, 15) is 14.4 Å². The molecule has 0 saturated heterocycles. The maximum Gasteiger partial charge on any atom is 0.357 e. The number of benzene rings is 1. The van der Waals surface area contributed by atoms with Crippen molar-refractivity contribution in [2.24, 2.45) is 5.73 Å². The summed E-state index contributed by atoms with van der Waals surface area (Å²) in [5, 5.41) is 2.71. The topological polar surface area (TPSA) is 111 Å². The van der Waals surface area contributed by atoms with Crippen LogP contribution in [-0.4, -0.2) is 29.0 Å². The number of nitrogens with zero attached hydrogens (tertiary/aromatic N) is 1. The van der Waals surface area contributed by atoms with E-state index in [1.807, 2.05) is 17.4 Å². The van der Waals surface area contributed by atoms with E-state index in [4.69, 9.17) is 10.5 Å². The molecule has 2 aromatic rings. The van der Waals surface area contributed by atoms with Crippen molar-refractivity contribution in [1.29, 1.82) is 0 Å². The summed E-state index contributed by atoms with van der Waals surface area (Å²) in [6.45, 7) is 1.33. The monoisotopic (exact) mass is 287 g/mol. The fourth-order valence-corrected chi connectivity index (χ4v) is 1.68. The number of aromatic nitrogens is 1. The van der Waals surface area contributed by atoms with Gasteiger partial charge in [0.2, 0.25) is 0 Å². The van der Waals surface area contributed by atoms with Gasteiger partial charge in [-0.15, -0.1) is 0 Å². The molecule has 0 saturated carbocycles. The Morgan fingerprint density at radius 2 is 1.90 bits per heavy atom. The van der Waals surface area contributed by atoms with E-state index in [-0.39, 0.29) is 5.69 Å². The number of fused-ring (bicyclic) bond motifs is 1. The molecule has 0 aliphatic rings. The molecule has 0 spiro atoms. The maximum atomic E-state index is 11.9. The second kappa shape index (κ2) is 6.00. The zero-order valence-corrected chi connectivity index (χ0v) is 11.2. The zero-order chi connectivity index (χ0) is 15.4. The van der Waals surface area contributed by atoms with E-state index in [2.05, 4.69) is 4.98 Å². The van der Waals surface area contributed by atoms with E-state index in [1.165, 1.54) is 13.0 Å². The van der Waals surface area contributed by atoms with Crippen LogP contribution in [0, 0.1) is 0 Å². The summed E-state index contributed by atoms with van der Waals surface area (Å²) in [7, 11) is 0. The minimum absolute atomic E-state index is 0.0763. The molecule has 0 aliphatic carbocycles. The van der Waals surface area contributed by atoms with Crippen molar-refractivity contribution in [3.8, 4) is 0 Å². The Bertz CT molecular complexity index is 714. The molecule has 3 amide bonds. The molecule has 0 radical (unpaired) electrons. The molecular weight excluding hydrogens is 274 g/mol. The number of para-hydroxylation sites is 1. The highest BCUT2D eigenvalue weighted by atomic mass is 16.5. The molecular formula is C14H13N3O4. The summed E-state index contributed by atoms with van der Waals surface area (Å²) in [5.41, 5.74) is 5.53. The quantitative estimate of drug-likeness (QED) is 0.817. The van der Waals surface area contributed by atoms with Gasteiger partial charge in [0.25, 0.3) is 5.91 Å². The lowest BCUT2D eigenvalue weighted by molar-refractivity contribution is -0.127. The summed E-state index contributed by atoms with van der Waals surface area (Å²) < 4.78 is 4.93. The number of hydrogen-bond donors (Lipinski definition) is 2. The molecule has 7 heteroatoms. The number of rotatable bonds is 3. The van der Waals surface area contributed by atoms with Gasteiger partial charge in [-0.25, -0.2) is 14.6 Å². The van der Waals surface area contributed by atoms with Crippen molar-refractivity contribution >= 4 is 28.8 Å². The second-order valence-electron chi connectivity index (χ2n) is 4.29. The highest BCUT2D eigenvalue weighted by Crippen LogP contribution is 2.12. The van der Waals surface area contributed by atoms with Crippen LogP contribution >= 0.6 is 0 Å². The SMILES string of the molecule is C[C@@H](OC(=O)c1ccc2ccccc2n1)C(=O)NC(N)=O. The number of nitrogens with two attached hydrogens (primary N) is 1. The average Bonchev–Trinajstić information content (AvgIpc) is 2.45. The Morgan fingerprint density at radius 3 is 2.62 bits per heavy atom. The lowest BCUT2D eigenvalue weighted by atomic mass is 10.2. The number of carbonyl (C=O) groups is 3. The number of esters is 1. The molecule has 7 nitrogen and oxygen atoms in total. The van der Waals surface area contributed by atoms with Crippen LogP contribution in [-0.2, 0) is 9.53 Å². The van der Waals surface area contributed by atoms with Gasteiger partial charge in [0, 0.05) is 5.39 Å². The third-order valence-corrected chi connectivity index (χ3v) is 2.71. The number of hydrogen-bond acceptors (Lipinski definition) is 5. The lowest BCUT2D eigenvalue weighted by Crippen LogP contribution is -2.42. The number of amides is 3. The fraction of sp³-hybridized carbons (Fsp3) is 0.143. The van der Waals surface area contributed by atoms with Crippen LogP contribution < -0.4 is 11.1 Å². The molecule has 21 heavy (non-hydrogen) atoms. The number of imide groups is 1. The minimum atomic E-state index is -1.15. The van der Waals surface area contributed by atoms with Gasteiger partial charge in [-0.05, 0) is 19.1 Å². The number of pyridine rings is 1.